The van der Waals surface area contributed by atoms with Crippen molar-refractivity contribution >= 4 is 11.4 Å². The Hall–Kier alpha value is -1.38. The number of hydrogen-bond donors (Lipinski definition) is 0. The molecule has 0 aromatic heterocycles. The van der Waals surface area contributed by atoms with Crippen LogP contribution in [0.25, 0.3) is 0 Å². The van der Waals surface area contributed by atoms with E-state index in [0.29, 0.717) is 0 Å². The molecule has 0 atom stereocenters. The van der Waals surface area contributed by atoms with Gasteiger partial charge in [-0.25, -0.2) is 0 Å². The fraction of sp³-hybridized carbons (Fsp3) is 0.400. The molecule has 3 heteroatoms. The fourth-order valence-corrected chi connectivity index (χ4v) is 1.07. The van der Waals surface area contributed by atoms with Gasteiger partial charge in [-0.3, -0.25) is 0 Å². The second-order valence-corrected chi connectivity index (χ2v) is 2.83. The van der Waals surface area contributed by atoms with Gasteiger partial charge >= 0.3 is 0 Å². The molecule has 0 radical (unpaired) electrons. The van der Waals surface area contributed by atoms with E-state index in [1.54, 1.807) is 7.05 Å². The molecule has 3 nitrogen and oxygen atoms in total. The Morgan fingerprint density at radius 2 is 1.85 bits per heavy atom. The summed E-state index contributed by atoms with van der Waals surface area (Å²) in [7, 11) is 3.74. The predicted molar refractivity (Wildman–Crippen MR) is 55.8 cm³/mol. The van der Waals surface area contributed by atoms with Crippen LogP contribution in [0.4, 0.5) is 11.4 Å². The summed E-state index contributed by atoms with van der Waals surface area (Å²) < 4.78 is 0. The normalized spacial score (nSPS) is 10.7. The Kier molecular flexibility index (Phi) is 3.43. The van der Waals surface area contributed by atoms with Crippen molar-refractivity contribution in [2.75, 3.05) is 25.5 Å². The van der Waals surface area contributed by atoms with Crippen molar-refractivity contribution in [3.05, 3.63) is 24.3 Å². The molecule has 0 aliphatic rings. The van der Waals surface area contributed by atoms with Gasteiger partial charge in [0.25, 0.3) is 0 Å². The van der Waals surface area contributed by atoms with Crippen molar-refractivity contribution in [1.82, 2.24) is 0 Å². The highest BCUT2D eigenvalue weighted by molar-refractivity contribution is 5.51. The van der Waals surface area contributed by atoms with E-state index < -0.39 is 0 Å². The molecule has 1 aromatic carbocycles. The van der Waals surface area contributed by atoms with E-state index >= 15 is 0 Å². The Bertz CT molecular complexity index is 277. The Morgan fingerprint density at radius 1 is 1.23 bits per heavy atom. The first-order chi connectivity index (χ1) is 6.27. The average molecular weight is 177 g/mol. The smallest absolute Gasteiger partial charge is 0.0853 e. The largest absolute Gasteiger partial charge is 0.375 e. The van der Waals surface area contributed by atoms with Crippen molar-refractivity contribution in [3.8, 4) is 0 Å². The van der Waals surface area contributed by atoms with Gasteiger partial charge in [-0.05, 0) is 31.2 Å². The van der Waals surface area contributed by atoms with Crippen LogP contribution in [0.3, 0.4) is 0 Å². The predicted octanol–water partition coefficient (Wildman–Crippen LogP) is 2.86. The Labute approximate surface area is 79.1 Å². The molecule has 0 bridgehead atoms. The van der Waals surface area contributed by atoms with E-state index in [0.717, 1.165) is 12.2 Å². The first kappa shape index (κ1) is 9.71. The Balaban J connectivity index is 2.80. The van der Waals surface area contributed by atoms with Crippen LogP contribution in [-0.2, 0) is 0 Å². The van der Waals surface area contributed by atoms with Gasteiger partial charge in [0, 0.05) is 26.3 Å². The van der Waals surface area contributed by atoms with Crippen molar-refractivity contribution in [3.63, 3.8) is 0 Å². The van der Waals surface area contributed by atoms with Crippen LogP contribution >= 0.6 is 0 Å². The van der Waals surface area contributed by atoms with Gasteiger partial charge in [-0.15, -0.1) is 0 Å². The molecule has 0 fully saturated rings. The quantitative estimate of drug-likeness (QED) is 0.652. The van der Waals surface area contributed by atoms with Crippen molar-refractivity contribution < 1.29 is 0 Å². The second kappa shape index (κ2) is 4.60. The minimum Gasteiger partial charge on any atom is -0.375 e. The minimum absolute atomic E-state index is 0.899. The highest BCUT2D eigenvalue weighted by Gasteiger charge is 1.96. The van der Waals surface area contributed by atoms with E-state index in [1.807, 2.05) is 24.3 Å². The lowest BCUT2D eigenvalue weighted by Gasteiger charge is -2.16. The zero-order chi connectivity index (χ0) is 9.68. The van der Waals surface area contributed by atoms with E-state index in [9.17, 15) is 0 Å². The van der Waals surface area contributed by atoms with Crippen LogP contribution in [0.5, 0.6) is 0 Å². The molecule has 1 rings (SSSR count). The van der Waals surface area contributed by atoms with Gasteiger partial charge < -0.3 is 4.90 Å². The number of hydrogen-bond acceptors (Lipinski definition) is 3. The summed E-state index contributed by atoms with van der Waals surface area (Å²) in [6.07, 6.45) is 0. The summed E-state index contributed by atoms with van der Waals surface area (Å²) in [5, 5.41) is 7.65. The minimum atomic E-state index is 0.899. The van der Waals surface area contributed by atoms with Gasteiger partial charge in [-0.2, -0.15) is 10.2 Å². The molecular weight excluding hydrogens is 162 g/mol. The molecule has 0 spiro atoms. The molecular formula is C10H15N3. The van der Waals surface area contributed by atoms with Crippen LogP contribution in [0.2, 0.25) is 0 Å². The highest BCUT2D eigenvalue weighted by atomic mass is 15.1. The third-order valence-electron chi connectivity index (χ3n) is 1.98. The third-order valence-corrected chi connectivity index (χ3v) is 1.98. The molecule has 70 valence electrons. The maximum Gasteiger partial charge on any atom is 0.0853 e. The first-order valence-corrected chi connectivity index (χ1v) is 4.39. The van der Waals surface area contributed by atoms with Crippen molar-refractivity contribution in [2.45, 2.75) is 6.92 Å². The summed E-state index contributed by atoms with van der Waals surface area (Å²) in [5.41, 5.74) is 2.10. The van der Waals surface area contributed by atoms with Crippen LogP contribution in [0.15, 0.2) is 34.5 Å². The zero-order valence-corrected chi connectivity index (χ0v) is 8.36. The summed E-state index contributed by atoms with van der Waals surface area (Å²) in [5.74, 6) is 0. The summed E-state index contributed by atoms with van der Waals surface area (Å²) in [4.78, 5) is 2.17. The van der Waals surface area contributed by atoms with Crippen LogP contribution in [-0.4, -0.2) is 20.6 Å². The average Bonchev–Trinajstić information content (AvgIpc) is 2.18. The number of rotatable bonds is 3. The van der Waals surface area contributed by atoms with Gasteiger partial charge in [0.05, 0.1) is 5.69 Å². The zero-order valence-electron chi connectivity index (χ0n) is 8.36. The Morgan fingerprint density at radius 3 is 2.31 bits per heavy atom. The molecule has 1 aromatic rings. The number of anilines is 1. The maximum absolute atomic E-state index is 3.94. The molecule has 0 unspecified atom stereocenters. The fourth-order valence-electron chi connectivity index (χ4n) is 1.07. The van der Waals surface area contributed by atoms with E-state index in [-0.39, 0.29) is 0 Å². The molecule has 13 heavy (non-hydrogen) atoms. The second-order valence-electron chi connectivity index (χ2n) is 2.83. The molecule has 0 heterocycles. The molecule has 0 saturated heterocycles. The first-order valence-electron chi connectivity index (χ1n) is 4.39. The number of azo groups is 1. The molecule has 0 aliphatic carbocycles. The SMILES string of the molecule is CCN(C)c1ccc(N=NC)cc1. The highest BCUT2D eigenvalue weighted by Crippen LogP contribution is 2.18. The monoisotopic (exact) mass is 177 g/mol. The summed E-state index contributed by atoms with van der Waals surface area (Å²) in [6, 6.07) is 8.03. The molecule has 0 aliphatic heterocycles. The number of nitrogens with zero attached hydrogens (tertiary/aromatic N) is 3. The summed E-state index contributed by atoms with van der Waals surface area (Å²) in [6.45, 7) is 3.13. The van der Waals surface area contributed by atoms with E-state index in [2.05, 4.69) is 29.1 Å². The van der Waals surface area contributed by atoms with Crippen molar-refractivity contribution in [1.29, 1.82) is 0 Å². The lowest BCUT2D eigenvalue weighted by Crippen LogP contribution is -2.15. The molecule has 0 saturated carbocycles. The lowest BCUT2D eigenvalue weighted by molar-refractivity contribution is 0.968. The van der Waals surface area contributed by atoms with Crippen LogP contribution in [0, 0.1) is 0 Å². The van der Waals surface area contributed by atoms with E-state index in [1.165, 1.54) is 5.69 Å². The molecule has 0 amide bonds. The summed E-state index contributed by atoms with van der Waals surface area (Å²) >= 11 is 0. The maximum atomic E-state index is 3.94. The lowest BCUT2D eigenvalue weighted by atomic mass is 10.2. The topological polar surface area (TPSA) is 28.0 Å². The van der Waals surface area contributed by atoms with Gasteiger partial charge in [-0.1, -0.05) is 0 Å². The van der Waals surface area contributed by atoms with E-state index in [4.69, 9.17) is 0 Å². The van der Waals surface area contributed by atoms with Crippen LogP contribution in [0.1, 0.15) is 6.92 Å². The molecule has 0 N–H and O–H groups in total. The van der Waals surface area contributed by atoms with Crippen molar-refractivity contribution in [2.24, 2.45) is 10.2 Å². The third kappa shape index (κ3) is 2.54. The number of benzene rings is 1. The standard InChI is InChI=1S/C10H15N3/c1-4-13(3)10-7-5-9(6-8-10)12-11-2/h5-8H,4H2,1-3H3. The van der Waals surface area contributed by atoms with Crippen LogP contribution < -0.4 is 4.90 Å². The van der Waals surface area contributed by atoms with Gasteiger partial charge in [0.2, 0.25) is 0 Å². The van der Waals surface area contributed by atoms with Gasteiger partial charge in [0.1, 0.15) is 0 Å². The van der Waals surface area contributed by atoms with Gasteiger partial charge in [0.15, 0.2) is 0 Å².